The van der Waals surface area contributed by atoms with Crippen LogP contribution in [0.4, 0.5) is 10.1 Å². The number of halogens is 1. The van der Waals surface area contributed by atoms with Crippen LogP contribution in [0.25, 0.3) is 55.6 Å². The fraction of sp³-hybridized carbons (Fsp3) is 0.341. The number of aryl methyl sites for hydroxylation is 1. The maximum atomic E-state index is 14.9. The van der Waals surface area contributed by atoms with Crippen LogP contribution in [0.15, 0.2) is 85.5 Å². The topological polar surface area (TPSA) is 85.5 Å². The minimum absolute atomic E-state index is 0.206. The van der Waals surface area contributed by atoms with Gasteiger partial charge >= 0.3 is 0 Å². The van der Waals surface area contributed by atoms with Gasteiger partial charge in [-0.2, -0.15) is 5.10 Å². The molecule has 0 unspecified atom stereocenters. The summed E-state index contributed by atoms with van der Waals surface area (Å²) in [4.78, 5) is 15.2. The first-order valence-electron chi connectivity index (χ1n) is 17.9. The molecule has 8 heteroatoms. The van der Waals surface area contributed by atoms with Crippen molar-refractivity contribution in [1.82, 2.24) is 30.0 Å². The molecular weight excluding hydrogens is 609 g/mol. The van der Waals surface area contributed by atoms with Gasteiger partial charge in [0.15, 0.2) is 0 Å². The number of hydrogen-bond donors (Lipinski definition) is 3. The predicted molar refractivity (Wildman–Crippen MR) is 198 cm³/mol. The molecule has 0 radical (unpaired) electrons. The van der Waals surface area contributed by atoms with Crippen LogP contribution in [0, 0.1) is 11.7 Å². The van der Waals surface area contributed by atoms with Crippen molar-refractivity contribution in [2.45, 2.75) is 64.2 Å². The number of H-pyrrole nitrogens is 2. The van der Waals surface area contributed by atoms with Crippen LogP contribution in [0.3, 0.4) is 0 Å². The first-order chi connectivity index (χ1) is 24.1. The average molecular weight is 654 g/mol. The fourth-order valence-corrected chi connectivity index (χ4v) is 7.93. The molecule has 250 valence electrons. The summed E-state index contributed by atoms with van der Waals surface area (Å²) in [5.41, 5.74) is 10.3. The van der Waals surface area contributed by atoms with Gasteiger partial charge in [0.25, 0.3) is 0 Å². The van der Waals surface area contributed by atoms with E-state index in [1.165, 1.54) is 58.0 Å². The van der Waals surface area contributed by atoms with Crippen LogP contribution < -0.4 is 5.32 Å². The molecule has 2 aliphatic rings. The Labute approximate surface area is 287 Å². The lowest BCUT2D eigenvalue weighted by Gasteiger charge is -2.22. The largest absolute Gasteiger partial charge is 0.358 e. The number of aromatic nitrogens is 5. The SMILES string of the molecule is C=C(CC1CCCCC1)Nc1cncc(-c2ccc3[nH]nc(-c4cc5c(-c6cc(F)cc(CCCN7CCCC7)c6)ccnc5[nH]4)c3c2)c1. The Bertz CT molecular complexity index is 2100. The number of hydrogen-bond acceptors (Lipinski definition) is 5. The van der Waals surface area contributed by atoms with Crippen molar-refractivity contribution in [1.29, 1.82) is 0 Å². The number of nitrogens with zero attached hydrogens (tertiary/aromatic N) is 4. The smallest absolute Gasteiger partial charge is 0.138 e. The summed E-state index contributed by atoms with van der Waals surface area (Å²) in [6.07, 6.45) is 17.6. The lowest BCUT2D eigenvalue weighted by Crippen LogP contribution is -2.20. The van der Waals surface area contributed by atoms with Crippen molar-refractivity contribution < 1.29 is 4.39 Å². The number of rotatable bonds is 11. The van der Waals surface area contributed by atoms with E-state index in [9.17, 15) is 4.39 Å². The van der Waals surface area contributed by atoms with Crippen LogP contribution in [0.5, 0.6) is 0 Å². The Balaban J connectivity index is 1.05. The summed E-state index contributed by atoms with van der Waals surface area (Å²) < 4.78 is 14.9. The zero-order chi connectivity index (χ0) is 33.2. The average Bonchev–Trinajstić information content (AvgIpc) is 3.88. The summed E-state index contributed by atoms with van der Waals surface area (Å²) in [6, 6.07) is 18.0. The Morgan fingerprint density at radius 1 is 0.898 bits per heavy atom. The Hall–Kier alpha value is -4.82. The van der Waals surface area contributed by atoms with Crippen molar-refractivity contribution in [3.63, 3.8) is 0 Å². The van der Waals surface area contributed by atoms with E-state index in [0.717, 1.165) is 104 Å². The van der Waals surface area contributed by atoms with Gasteiger partial charge < -0.3 is 15.2 Å². The van der Waals surface area contributed by atoms with Gasteiger partial charge in [-0.25, -0.2) is 9.37 Å². The van der Waals surface area contributed by atoms with Crippen molar-refractivity contribution >= 4 is 27.6 Å². The minimum atomic E-state index is -0.206. The number of anilines is 1. The molecule has 49 heavy (non-hydrogen) atoms. The standard InChI is InChI=1S/C41H44FN7/c1-27(18-28-8-3-2-4-9-28)45-34-22-32(25-43-26-34)30-11-12-38-37(23-30)40(48-47-38)39-24-36-35(13-14-44-41(36)46-39)31-19-29(20-33(42)21-31)10-7-17-49-15-5-6-16-49/h11-14,19-26,28,45H,1-10,15-18H2,(H,44,46)(H,47,48). The molecule has 0 bridgehead atoms. The maximum Gasteiger partial charge on any atom is 0.138 e. The Morgan fingerprint density at radius 2 is 1.78 bits per heavy atom. The number of benzene rings is 2. The van der Waals surface area contributed by atoms with Gasteiger partial charge in [0, 0.05) is 34.4 Å². The van der Waals surface area contributed by atoms with Crippen LogP contribution in [-0.4, -0.2) is 49.7 Å². The molecule has 3 N–H and O–H groups in total. The van der Waals surface area contributed by atoms with Crippen LogP contribution in [0.2, 0.25) is 0 Å². The monoisotopic (exact) mass is 653 g/mol. The molecule has 7 nitrogen and oxygen atoms in total. The molecule has 6 aromatic rings. The second-order valence-corrected chi connectivity index (χ2v) is 14.0. The van der Waals surface area contributed by atoms with Crippen molar-refractivity contribution in [3.8, 4) is 33.6 Å². The third-order valence-corrected chi connectivity index (χ3v) is 10.4. The second kappa shape index (κ2) is 14.0. The van der Waals surface area contributed by atoms with Gasteiger partial charge in [0.2, 0.25) is 0 Å². The summed E-state index contributed by atoms with van der Waals surface area (Å²) in [6.45, 7) is 7.76. The predicted octanol–water partition coefficient (Wildman–Crippen LogP) is 9.90. The quantitative estimate of drug-likeness (QED) is 0.130. The molecule has 0 atom stereocenters. The van der Waals surface area contributed by atoms with E-state index in [1.54, 1.807) is 18.3 Å². The summed E-state index contributed by atoms with van der Waals surface area (Å²) >= 11 is 0. The number of allylic oxidation sites excluding steroid dienone is 1. The van der Waals surface area contributed by atoms with E-state index >= 15 is 0 Å². The third kappa shape index (κ3) is 7.01. The number of nitrogens with one attached hydrogen (secondary N) is 3. The highest BCUT2D eigenvalue weighted by atomic mass is 19.1. The Kier molecular flexibility index (Phi) is 8.96. The van der Waals surface area contributed by atoms with E-state index in [-0.39, 0.29) is 5.82 Å². The van der Waals surface area contributed by atoms with Crippen molar-refractivity contribution in [2.24, 2.45) is 5.92 Å². The molecule has 1 aliphatic heterocycles. The third-order valence-electron chi connectivity index (χ3n) is 10.4. The van der Waals surface area contributed by atoms with Crippen LogP contribution in [0.1, 0.15) is 63.4 Å². The zero-order valence-electron chi connectivity index (χ0n) is 28.1. The number of pyridine rings is 2. The molecule has 5 heterocycles. The summed E-state index contributed by atoms with van der Waals surface area (Å²) in [5.74, 6) is 0.520. The molecule has 2 aromatic carbocycles. The van der Waals surface area contributed by atoms with Gasteiger partial charge in [-0.15, -0.1) is 0 Å². The Morgan fingerprint density at radius 3 is 2.65 bits per heavy atom. The van der Waals surface area contributed by atoms with Crippen LogP contribution in [-0.2, 0) is 6.42 Å². The molecule has 0 spiro atoms. The highest BCUT2D eigenvalue weighted by Gasteiger charge is 2.18. The molecular formula is C41H44FN7. The maximum absolute atomic E-state index is 14.9. The number of aromatic amines is 2. The lowest BCUT2D eigenvalue weighted by molar-refractivity contribution is 0.334. The first-order valence-corrected chi connectivity index (χ1v) is 17.9. The number of likely N-dealkylation sites (tertiary alicyclic amines) is 1. The molecule has 4 aromatic heterocycles. The zero-order valence-corrected chi connectivity index (χ0v) is 28.1. The van der Waals surface area contributed by atoms with Gasteiger partial charge in [0.1, 0.15) is 17.2 Å². The summed E-state index contributed by atoms with van der Waals surface area (Å²) in [5, 5.41) is 13.4. The van der Waals surface area contributed by atoms with Gasteiger partial charge in [-0.1, -0.05) is 50.8 Å². The van der Waals surface area contributed by atoms with Gasteiger partial charge in [-0.05, 0) is 122 Å². The van der Waals surface area contributed by atoms with E-state index in [4.69, 9.17) is 5.10 Å². The fourth-order valence-electron chi connectivity index (χ4n) is 7.93. The molecule has 1 aliphatic carbocycles. The van der Waals surface area contributed by atoms with Gasteiger partial charge in [-0.3, -0.25) is 10.1 Å². The van der Waals surface area contributed by atoms with E-state index in [2.05, 4.69) is 73.2 Å². The number of fused-ring (bicyclic) bond motifs is 2. The molecule has 8 rings (SSSR count). The van der Waals surface area contributed by atoms with Crippen LogP contribution >= 0.6 is 0 Å². The van der Waals surface area contributed by atoms with Crippen molar-refractivity contribution in [2.75, 3.05) is 25.0 Å². The normalized spacial score (nSPS) is 15.8. The molecule has 1 saturated carbocycles. The van der Waals surface area contributed by atoms with Gasteiger partial charge in [0.05, 0.1) is 23.1 Å². The summed E-state index contributed by atoms with van der Waals surface area (Å²) in [7, 11) is 0. The van der Waals surface area contributed by atoms with Crippen molar-refractivity contribution in [3.05, 3.63) is 96.8 Å². The second-order valence-electron chi connectivity index (χ2n) is 14.0. The highest BCUT2D eigenvalue weighted by Crippen LogP contribution is 2.36. The molecule has 1 saturated heterocycles. The van der Waals surface area contributed by atoms with E-state index < -0.39 is 0 Å². The first kappa shape index (κ1) is 31.4. The minimum Gasteiger partial charge on any atom is -0.358 e. The van der Waals surface area contributed by atoms with E-state index in [1.807, 2.05) is 18.5 Å². The molecule has 2 fully saturated rings. The van der Waals surface area contributed by atoms with E-state index in [0.29, 0.717) is 0 Å². The lowest BCUT2D eigenvalue weighted by atomic mass is 9.86. The molecule has 0 amide bonds. The highest BCUT2D eigenvalue weighted by molar-refractivity contribution is 6.00.